The van der Waals surface area contributed by atoms with E-state index >= 15 is 0 Å². The van der Waals surface area contributed by atoms with E-state index in [2.05, 4.69) is 151 Å². The second-order valence-corrected chi connectivity index (χ2v) is 18.8. The van der Waals surface area contributed by atoms with Crippen LogP contribution in [0.1, 0.15) is 83.5 Å². The zero-order valence-corrected chi connectivity index (χ0v) is 34.9. The molecule has 0 aromatic heterocycles. The van der Waals surface area contributed by atoms with Crippen LogP contribution in [0.4, 0.5) is 0 Å². The Morgan fingerprint density at radius 3 is 2.35 bits per heavy atom. The van der Waals surface area contributed by atoms with E-state index in [1.165, 1.54) is 88.4 Å². The highest BCUT2D eigenvalue weighted by atomic mass is 16.5. The van der Waals surface area contributed by atoms with Crippen molar-refractivity contribution in [2.45, 2.75) is 95.6 Å². The molecular weight excluding hydrogens is 727 g/mol. The normalized spacial score (nSPS) is 32.0. The number of allylic oxidation sites excluding steroid dienone is 23. The number of ether oxygens (including phenoxy) is 1. The number of hydrogen-bond donors (Lipinski definition) is 0. The first-order valence-electron chi connectivity index (χ1n) is 23.4. The maximum absolute atomic E-state index is 6.77. The van der Waals surface area contributed by atoms with Gasteiger partial charge in [0.05, 0.1) is 6.04 Å². The minimum absolute atomic E-state index is 0.121. The number of benzene rings is 1. The predicted octanol–water partition coefficient (Wildman–Crippen LogP) is 12.3. The van der Waals surface area contributed by atoms with Gasteiger partial charge in [-0.2, -0.15) is 0 Å². The second kappa shape index (κ2) is 15.3. The fourth-order valence-corrected chi connectivity index (χ4v) is 12.6. The van der Waals surface area contributed by atoms with Crippen LogP contribution in [0.2, 0.25) is 0 Å². The minimum atomic E-state index is 0.121. The molecule has 1 aliphatic heterocycles. The lowest BCUT2D eigenvalue weighted by atomic mass is 9.70. The number of fused-ring (bicyclic) bond motifs is 5. The van der Waals surface area contributed by atoms with Crippen LogP contribution in [0.25, 0.3) is 11.3 Å². The van der Waals surface area contributed by atoms with Gasteiger partial charge in [0.2, 0.25) is 0 Å². The van der Waals surface area contributed by atoms with Gasteiger partial charge < -0.3 is 9.64 Å². The molecule has 300 valence electrons. The van der Waals surface area contributed by atoms with Crippen LogP contribution in [-0.2, 0) is 4.74 Å². The first-order valence-corrected chi connectivity index (χ1v) is 23.4. The predicted molar refractivity (Wildman–Crippen MR) is 247 cm³/mol. The third-order valence-corrected chi connectivity index (χ3v) is 15.5. The molecule has 0 radical (unpaired) electrons. The van der Waals surface area contributed by atoms with E-state index in [4.69, 9.17) is 4.74 Å². The lowest BCUT2D eigenvalue weighted by Gasteiger charge is -2.41. The van der Waals surface area contributed by atoms with E-state index in [9.17, 15) is 0 Å². The summed E-state index contributed by atoms with van der Waals surface area (Å²) < 4.78 is 6.77. The van der Waals surface area contributed by atoms with Crippen LogP contribution >= 0.6 is 0 Å². The van der Waals surface area contributed by atoms with Gasteiger partial charge in [-0.15, -0.1) is 0 Å². The van der Waals surface area contributed by atoms with Gasteiger partial charge in [0, 0.05) is 40.3 Å². The monoisotopic (exact) mass is 783 g/mol. The van der Waals surface area contributed by atoms with Crippen LogP contribution in [0.3, 0.4) is 0 Å². The van der Waals surface area contributed by atoms with Crippen LogP contribution in [0, 0.1) is 29.6 Å². The molecular formula is C58H57NO. The van der Waals surface area contributed by atoms with E-state index in [0.29, 0.717) is 29.6 Å². The zero-order chi connectivity index (χ0) is 39.6. The van der Waals surface area contributed by atoms with Crippen molar-refractivity contribution >= 4 is 11.3 Å². The van der Waals surface area contributed by atoms with Gasteiger partial charge in [-0.3, -0.25) is 0 Å². The van der Waals surface area contributed by atoms with Crippen LogP contribution in [0.15, 0.2) is 202 Å². The Hall–Kier alpha value is -5.34. The third-order valence-electron chi connectivity index (χ3n) is 15.5. The van der Waals surface area contributed by atoms with Crippen molar-refractivity contribution in [1.82, 2.24) is 4.90 Å². The first-order chi connectivity index (χ1) is 29.7. The highest BCUT2D eigenvalue weighted by molar-refractivity contribution is 5.68. The highest BCUT2D eigenvalue weighted by Gasteiger charge is 2.40. The maximum Gasteiger partial charge on any atom is 0.127 e. The molecule has 12 rings (SSSR count). The number of rotatable bonds is 6. The molecule has 60 heavy (non-hydrogen) atoms. The summed E-state index contributed by atoms with van der Waals surface area (Å²) in [7, 11) is 0. The Morgan fingerprint density at radius 2 is 1.48 bits per heavy atom. The molecule has 0 N–H and O–H groups in total. The summed E-state index contributed by atoms with van der Waals surface area (Å²) in [4.78, 5) is 2.77. The van der Waals surface area contributed by atoms with Gasteiger partial charge in [0.1, 0.15) is 11.9 Å². The van der Waals surface area contributed by atoms with Crippen molar-refractivity contribution in [3.63, 3.8) is 0 Å². The molecule has 1 aromatic carbocycles. The Balaban J connectivity index is 0.858. The molecule has 7 unspecified atom stereocenters. The number of hydrogen-bond acceptors (Lipinski definition) is 2. The molecule has 11 aliphatic rings. The third kappa shape index (κ3) is 6.27. The largest absolute Gasteiger partial charge is 0.485 e. The molecule has 1 heterocycles. The van der Waals surface area contributed by atoms with Crippen LogP contribution in [0.5, 0.6) is 0 Å². The topological polar surface area (TPSA) is 12.5 Å². The van der Waals surface area contributed by atoms with E-state index in [0.717, 1.165) is 44.9 Å². The Kier molecular flexibility index (Phi) is 9.30. The van der Waals surface area contributed by atoms with Crippen LogP contribution < -0.4 is 10.4 Å². The van der Waals surface area contributed by atoms with Crippen LogP contribution in [-0.4, -0.2) is 17.0 Å². The Bertz CT molecular complexity index is 2640. The summed E-state index contributed by atoms with van der Waals surface area (Å²) in [6.45, 7) is 0. The smallest absolute Gasteiger partial charge is 0.127 e. The van der Waals surface area contributed by atoms with Crippen molar-refractivity contribution in [3.8, 4) is 0 Å². The average Bonchev–Trinajstić information content (AvgIpc) is 3.70. The SMILES string of the molecule is C1=CCC(C2=CCCC3=C2OC2C=CC(C4C=CC(N(C5=c6ccccc6=C6C=CCCC6C5)C5C=CC(C6CC7=C(CCC=C7)C7=C6C=CCC7)=CC5)=CC4)=CC32)C=C1. The molecule has 2 heteroatoms. The highest BCUT2D eigenvalue weighted by Crippen LogP contribution is 2.49. The lowest BCUT2D eigenvalue weighted by molar-refractivity contribution is 0.167. The van der Waals surface area contributed by atoms with Gasteiger partial charge in [0.15, 0.2) is 0 Å². The summed E-state index contributed by atoms with van der Waals surface area (Å²) in [5.74, 6) is 3.36. The maximum atomic E-state index is 6.77. The van der Waals surface area contributed by atoms with Gasteiger partial charge in [-0.1, -0.05) is 134 Å². The first kappa shape index (κ1) is 36.5. The van der Waals surface area contributed by atoms with E-state index in [1.807, 2.05) is 0 Å². The van der Waals surface area contributed by atoms with Gasteiger partial charge in [0.25, 0.3) is 0 Å². The molecule has 7 atom stereocenters. The van der Waals surface area contributed by atoms with Gasteiger partial charge >= 0.3 is 0 Å². The second-order valence-electron chi connectivity index (χ2n) is 18.8. The molecule has 0 saturated heterocycles. The summed E-state index contributed by atoms with van der Waals surface area (Å²) >= 11 is 0. The molecule has 0 fully saturated rings. The zero-order valence-electron chi connectivity index (χ0n) is 34.9. The molecule has 0 amide bonds. The molecule has 1 aromatic rings. The van der Waals surface area contributed by atoms with Crippen molar-refractivity contribution in [2.24, 2.45) is 29.6 Å². The minimum Gasteiger partial charge on any atom is -0.485 e. The molecule has 10 aliphatic carbocycles. The summed E-state index contributed by atoms with van der Waals surface area (Å²) in [6, 6.07) is 9.55. The summed E-state index contributed by atoms with van der Waals surface area (Å²) in [6.07, 6.45) is 63.5. The number of nitrogens with zero attached hydrogens (tertiary/aromatic N) is 1. The molecule has 0 bridgehead atoms. The average molecular weight is 784 g/mol. The quantitative estimate of drug-likeness (QED) is 0.285. The van der Waals surface area contributed by atoms with E-state index < -0.39 is 0 Å². The Labute approximate surface area is 356 Å². The van der Waals surface area contributed by atoms with Crippen molar-refractivity contribution in [2.75, 3.05) is 0 Å². The van der Waals surface area contributed by atoms with Crippen molar-refractivity contribution in [1.29, 1.82) is 0 Å². The summed E-state index contributed by atoms with van der Waals surface area (Å²) in [5.41, 5.74) is 16.8. The van der Waals surface area contributed by atoms with Crippen molar-refractivity contribution < 1.29 is 4.74 Å². The van der Waals surface area contributed by atoms with Gasteiger partial charge in [-0.05, 0) is 157 Å². The fourth-order valence-electron chi connectivity index (χ4n) is 12.6. The lowest BCUT2D eigenvalue weighted by Crippen LogP contribution is -2.44. The summed E-state index contributed by atoms with van der Waals surface area (Å²) in [5, 5.41) is 2.85. The van der Waals surface area contributed by atoms with Crippen molar-refractivity contribution in [3.05, 3.63) is 212 Å². The molecule has 0 spiro atoms. The standard InChI is InChI=1S/C58H57NO/c1-2-13-39(14-3-1)48-23-12-24-53-55-35-41(29-34-57(55)60-58(48)53)38-25-30-44(31-26-38)59(56-37-43-16-5-7-18-47(43)50-20-10-11-22-52(50)56)45-32-27-40(28-33-45)54-36-42-15-4-6-17-46(42)49-19-8-9-21-51(49)54/h1-4,7,9-11,13,15,18,20-23,25,27-32,34-35,38-39,43,45,54-55,57H,5-6,8,12,14,16-17,19,24,26,33,36-37H2. The van der Waals surface area contributed by atoms with Gasteiger partial charge in [-0.25, -0.2) is 0 Å². The Morgan fingerprint density at radius 1 is 0.617 bits per heavy atom. The molecule has 0 saturated carbocycles. The fraction of sp³-hybridized carbons (Fsp3) is 0.345. The molecule has 2 nitrogen and oxygen atoms in total. The van der Waals surface area contributed by atoms with E-state index in [-0.39, 0.29) is 12.1 Å². The van der Waals surface area contributed by atoms with E-state index in [1.54, 1.807) is 27.9 Å².